The van der Waals surface area contributed by atoms with Gasteiger partial charge in [0.05, 0.1) is 28.3 Å². The fourth-order valence-corrected chi connectivity index (χ4v) is 6.75. The molecule has 5 atom stereocenters. The van der Waals surface area contributed by atoms with Crippen LogP contribution in [-0.4, -0.2) is 80.3 Å². The normalized spacial score (nSPS) is 24.9. The number of hydrogen-bond acceptors (Lipinski definition) is 9. The molecule has 2 aliphatic rings. The number of Topliss-reactive ketones (excluding diaryl/α,β-unsaturated/α-hetero) is 1. The number of ketones is 1. The van der Waals surface area contributed by atoms with Gasteiger partial charge in [-0.1, -0.05) is 30.3 Å². The number of amidine groups is 1. The Kier molecular flexibility index (Phi) is 8.79. The predicted molar refractivity (Wildman–Crippen MR) is 158 cm³/mol. The van der Waals surface area contributed by atoms with Gasteiger partial charge >= 0.3 is 6.09 Å². The van der Waals surface area contributed by atoms with Crippen LogP contribution in [0.2, 0.25) is 0 Å². The molecule has 13 heteroatoms. The van der Waals surface area contributed by atoms with E-state index in [0.717, 1.165) is 30.2 Å². The summed E-state index contributed by atoms with van der Waals surface area (Å²) in [6, 6.07) is 10.5. The molecule has 228 valence electrons. The number of amides is 2. The maximum atomic E-state index is 13.7. The molecule has 2 amide bonds. The number of carbonyl (C=O) groups excluding carboxylic acids is 3. The minimum absolute atomic E-state index is 0.0212. The van der Waals surface area contributed by atoms with Gasteiger partial charge in [-0.15, -0.1) is 0 Å². The maximum absolute atomic E-state index is 13.7. The van der Waals surface area contributed by atoms with Crippen LogP contribution in [0.1, 0.15) is 40.5 Å². The van der Waals surface area contributed by atoms with Crippen molar-refractivity contribution < 1.29 is 27.5 Å². The van der Waals surface area contributed by atoms with Crippen molar-refractivity contribution in [2.45, 2.75) is 68.7 Å². The molecular formula is C29H40N6O6S. The van der Waals surface area contributed by atoms with Gasteiger partial charge in [0.25, 0.3) is 0 Å². The summed E-state index contributed by atoms with van der Waals surface area (Å²) in [6.07, 6.45) is 0.678. The lowest BCUT2D eigenvalue weighted by atomic mass is 10.0. The van der Waals surface area contributed by atoms with E-state index < -0.39 is 62.7 Å². The van der Waals surface area contributed by atoms with Gasteiger partial charge in [0, 0.05) is 19.6 Å². The molecule has 2 aromatic carbocycles. The second kappa shape index (κ2) is 11.7. The molecular weight excluding hydrogens is 560 g/mol. The summed E-state index contributed by atoms with van der Waals surface area (Å²) < 4.78 is 34.1. The molecule has 1 heterocycles. The highest BCUT2D eigenvalue weighted by atomic mass is 32.2. The number of fused-ring (bicyclic) bond motifs is 1. The van der Waals surface area contributed by atoms with Crippen LogP contribution in [0, 0.1) is 17.2 Å². The molecule has 6 N–H and O–H groups in total. The van der Waals surface area contributed by atoms with Crippen LogP contribution in [0.25, 0.3) is 10.8 Å². The highest BCUT2D eigenvalue weighted by Crippen LogP contribution is 2.51. The summed E-state index contributed by atoms with van der Waals surface area (Å²) in [6.45, 7) is 7.74. The van der Waals surface area contributed by atoms with E-state index in [2.05, 4.69) is 15.4 Å². The number of sulfonamides is 1. The zero-order valence-corrected chi connectivity index (χ0v) is 25.4. The number of likely N-dealkylation sites (N-methyl/N-ethyl adjacent to an activating group) is 1. The molecule has 1 saturated carbocycles. The molecule has 0 spiro atoms. The number of nitrogens with zero attached hydrogens (tertiary/aromatic N) is 1. The van der Waals surface area contributed by atoms with Crippen LogP contribution in [0.3, 0.4) is 0 Å². The van der Waals surface area contributed by atoms with E-state index in [0.29, 0.717) is 6.54 Å². The van der Waals surface area contributed by atoms with Crippen molar-refractivity contribution >= 4 is 44.4 Å². The molecule has 0 bridgehead atoms. The number of nitrogens with one attached hydrogen (secondary N) is 4. The second-order valence-corrected chi connectivity index (χ2v) is 13.8. The Labute approximate surface area is 246 Å². The Morgan fingerprint density at radius 1 is 1.14 bits per heavy atom. The standard InChI is InChI=1S/C29H40N6O6S/c1-17(34-42(39,40)21-13-12-18-9-6-7-10-19(18)15-21)24(36)22-23(25(37)35(5)20-11-8-14-32-16-20)29(22,31)26(30)33-27(38)41-28(2,3)4/h6-7,9-10,12-13,15,17,20,22-23,32,34H,8,11,14,16,31H2,1-5H3,(H2,30,33,38)/t17-,20?,22?,23+,29?/m0/s1. The Bertz CT molecular complexity index is 1500. The molecule has 42 heavy (non-hydrogen) atoms. The summed E-state index contributed by atoms with van der Waals surface area (Å²) >= 11 is 0. The van der Waals surface area contributed by atoms with Crippen molar-refractivity contribution in [1.29, 1.82) is 5.41 Å². The molecule has 0 radical (unpaired) electrons. The Hall–Kier alpha value is -3.39. The van der Waals surface area contributed by atoms with Gasteiger partial charge in [-0.3, -0.25) is 20.3 Å². The SMILES string of the molecule is C[C@H](NS(=O)(=O)c1ccc2ccccc2c1)C(=O)C1[C@H](C(=O)N(C)C2CCCNC2)C1(N)C(=N)NC(=O)OC(C)(C)C. The quantitative estimate of drug-likeness (QED) is 0.224. The number of nitrogens with two attached hydrogens (primary N) is 1. The minimum Gasteiger partial charge on any atom is -0.444 e. The van der Waals surface area contributed by atoms with Crippen molar-refractivity contribution in [3.63, 3.8) is 0 Å². The highest BCUT2D eigenvalue weighted by Gasteiger charge is 2.73. The van der Waals surface area contributed by atoms with Gasteiger partial charge in [-0.05, 0) is 70.0 Å². The third kappa shape index (κ3) is 6.48. The first-order valence-corrected chi connectivity index (χ1v) is 15.4. The monoisotopic (exact) mass is 600 g/mol. The maximum Gasteiger partial charge on any atom is 0.413 e. The molecule has 2 fully saturated rings. The topological polar surface area (TPSA) is 184 Å². The Morgan fingerprint density at radius 3 is 2.43 bits per heavy atom. The van der Waals surface area contributed by atoms with Crippen molar-refractivity contribution in [3.05, 3.63) is 42.5 Å². The fourth-order valence-electron chi connectivity index (χ4n) is 5.50. The van der Waals surface area contributed by atoms with Gasteiger partial charge in [0.1, 0.15) is 11.4 Å². The Morgan fingerprint density at radius 2 is 1.81 bits per heavy atom. The van der Waals surface area contributed by atoms with Gasteiger partial charge in [0.2, 0.25) is 15.9 Å². The molecule has 1 aliphatic heterocycles. The van der Waals surface area contributed by atoms with E-state index >= 15 is 0 Å². The molecule has 1 saturated heterocycles. The summed E-state index contributed by atoms with van der Waals surface area (Å²) in [4.78, 5) is 41.4. The van der Waals surface area contributed by atoms with Gasteiger partial charge in [0.15, 0.2) is 5.78 Å². The number of carbonyl (C=O) groups is 3. The minimum atomic E-state index is -4.13. The van der Waals surface area contributed by atoms with Gasteiger partial charge in [-0.25, -0.2) is 17.9 Å². The molecule has 4 rings (SSSR count). The average molecular weight is 601 g/mol. The van der Waals surface area contributed by atoms with Crippen LogP contribution < -0.4 is 21.1 Å². The summed E-state index contributed by atoms with van der Waals surface area (Å²) in [5.41, 5.74) is 3.86. The Balaban J connectivity index is 1.57. The van der Waals surface area contributed by atoms with Gasteiger partial charge < -0.3 is 20.7 Å². The lowest BCUT2D eigenvalue weighted by molar-refractivity contribution is -0.135. The lowest BCUT2D eigenvalue weighted by Gasteiger charge is -2.32. The van der Waals surface area contributed by atoms with Crippen molar-refractivity contribution in [2.24, 2.45) is 17.6 Å². The van der Waals surface area contributed by atoms with Gasteiger partial charge in [-0.2, -0.15) is 0 Å². The largest absolute Gasteiger partial charge is 0.444 e. The van der Waals surface area contributed by atoms with E-state index in [1.165, 1.54) is 24.0 Å². The number of benzene rings is 2. The van der Waals surface area contributed by atoms with E-state index in [9.17, 15) is 22.8 Å². The zero-order chi connectivity index (χ0) is 31.0. The van der Waals surface area contributed by atoms with E-state index in [4.69, 9.17) is 15.9 Å². The smallest absolute Gasteiger partial charge is 0.413 e. The molecule has 1 aliphatic carbocycles. The molecule has 0 aromatic heterocycles. The number of ether oxygens (including phenoxy) is 1. The number of hydrogen-bond donors (Lipinski definition) is 5. The number of alkyl carbamates (subject to hydrolysis) is 1. The number of piperidine rings is 1. The van der Waals surface area contributed by atoms with Crippen molar-refractivity contribution in [3.8, 4) is 0 Å². The summed E-state index contributed by atoms with van der Waals surface area (Å²) in [7, 11) is -2.51. The van der Waals surface area contributed by atoms with Crippen molar-refractivity contribution in [1.82, 2.24) is 20.3 Å². The predicted octanol–water partition coefficient (Wildman–Crippen LogP) is 1.73. The van der Waals surface area contributed by atoms with Crippen LogP contribution >= 0.6 is 0 Å². The number of rotatable bonds is 8. The third-order valence-electron chi connectivity index (χ3n) is 7.84. The molecule has 12 nitrogen and oxygen atoms in total. The summed E-state index contributed by atoms with van der Waals surface area (Å²) in [5.74, 6) is -4.09. The first kappa shape index (κ1) is 31.5. The summed E-state index contributed by atoms with van der Waals surface area (Å²) in [5, 5.41) is 15.7. The zero-order valence-electron chi connectivity index (χ0n) is 24.6. The van der Waals surface area contributed by atoms with E-state index in [-0.39, 0.29) is 10.9 Å². The van der Waals surface area contributed by atoms with Crippen molar-refractivity contribution in [2.75, 3.05) is 20.1 Å². The van der Waals surface area contributed by atoms with E-state index in [1.807, 2.05) is 12.1 Å². The van der Waals surface area contributed by atoms with Crippen LogP contribution in [0.5, 0.6) is 0 Å². The lowest BCUT2D eigenvalue weighted by Crippen LogP contribution is -2.52. The van der Waals surface area contributed by atoms with Crippen LogP contribution in [0.15, 0.2) is 47.4 Å². The van der Waals surface area contributed by atoms with E-state index in [1.54, 1.807) is 46.0 Å². The highest BCUT2D eigenvalue weighted by molar-refractivity contribution is 7.89. The molecule has 2 aromatic rings. The third-order valence-corrected chi connectivity index (χ3v) is 9.38. The van der Waals surface area contributed by atoms with Crippen LogP contribution in [-0.2, 0) is 24.3 Å². The first-order valence-electron chi connectivity index (χ1n) is 14.0. The fraction of sp³-hybridized carbons (Fsp3) is 0.517. The molecule has 3 unspecified atom stereocenters. The average Bonchev–Trinajstić information content (AvgIpc) is 3.57. The first-order chi connectivity index (χ1) is 19.6. The second-order valence-electron chi connectivity index (χ2n) is 12.1. The van der Waals surface area contributed by atoms with Crippen LogP contribution in [0.4, 0.5) is 4.79 Å².